The van der Waals surface area contributed by atoms with Crippen molar-refractivity contribution < 1.29 is 19.4 Å². The third kappa shape index (κ3) is 4.29. The lowest BCUT2D eigenvalue weighted by molar-refractivity contribution is 0.0935. The van der Waals surface area contributed by atoms with E-state index < -0.39 is 5.91 Å². The fraction of sp³-hybridized carbons (Fsp3) is 0.375. The highest BCUT2D eigenvalue weighted by molar-refractivity contribution is 5.94. The van der Waals surface area contributed by atoms with E-state index in [1.807, 2.05) is 6.92 Å². The summed E-state index contributed by atoms with van der Waals surface area (Å²) in [4.78, 5) is 12.1. The number of aromatic hydroxyl groups is 1. The number of carbonyl (C=O) groups excluding carboxylic acids is 1. The number of nitrogens with zero attached hydrogens (tertiary/aromatic N) is 2. The molecule has 0 saturated carbocycles. The first-order valence-corrected chi connectivity index (χ1v) is 7.48. The van der Waals surface area contributed by atoms with Gasteiger partial charge in [0.25, 0.3) is 5.91 Å². The number of aromatic nitrogens is 2. The molecule has 0 bridgehead atoms. The number of hydrogen-bond acceptors (Lipinski definition) is 4. The van der Waals surface area contributed by atoms with Gasteiger partial charge in [0.15, 0.2) is 11.4 Å². The van der Waals surface area contributed by atoms with E-state index in [-0.39, 0.29) is 29.8 Å². The molecule has 0 fully saturated rings. The van der Waals surface area contributed by atoms with Crippen molar-refractivity contribution in [3.63, 3.8) is 0 Å². The van der Waals surface area contributed by atoms with Gasteiger partial charge in [-0.1, -0.05) is 13.3 Å². The van der Waals surface area contributed by atoms with Gasteiger partial charge in [-0.15, -0.1) is 0 Å². The maximum absolute atomic E-state index is 12.9. The fourth-order valence-corrected chi connectivity index (χ4v) is 2.21. The van der Waals surface area contributed by atoms with Crippen molar-refractivity contribution in [3.05, 3.63) is 42.0 Å². The van der Waals surface area contributed by atoms with E-state index in [9.17, 15) is 14.3 Å². The van der Waals surface area contributed by atoms with Crippen LogP contribution < -0.4 is 5.32 Å². The number of benzene rings is 1. The average molecular weight is 321 g/mol. The second-order valence-corrected chi connectivity index (χ2v) is 5.28. The van der Waals surface area contributed by atoms with E-state index in [0.29, 0.717) is 18.7 Å². The van der Waals surface area contributed by atoms with Gasteiger partial charge in [0, 0.05) is 13.2 Å². The summed E-state index contributed by atoms with van der Waals surface area (Å²) in [6.07, 6.45) is 2.73. The highest BCUT2D eigenvalue weighted by atomic mass is 19.1. The van der Waals surface area contributed by atoms with Crippen LogP contribution in [0.3, 0.4) is 0 Å². The van der Waals surface area contributed by atoms with Crippen LogP contribution in [0.4, 0.5) is 4.39 Å². The van der Waals surface area contributed by atoms with Crippen LogP contribution in [0.2, 0.25) is 0 Å². The largest absolute Gasteiger partial charge is 0.504 e. The summed E-state index contributed by atoms with van der Waals surface area (Å²) in [6.45, 7) is 2.45. The van der Waals surface area contributed by atoms with Gasteiger partial charge in [-0.2, -0.15) is 5.10 Å². The molecule has 0 aliphatic heterocycles. The molecule has 0 saturated heterocycles. The summed E-state index contributed by atoms with van der Waals surface area (Å²) in [5.74, 6) is -0.940. The molecule has 0 radical (unpaired) electrons. The van der Waals surface area contributed by atoms with Crippen molar-refractivity contribution >= 4 is 5.91 Å². The number of hydrogen-bond donors (Lipinski definition) is 3. The van der Waals surface area contributed by atoms with Gasteiger partial charge in [0.2, 0.25) is 0 Å². The molecule has 2 aromatic rings. The van der Waals surface area contributed by atoms with Crippen molar-refractivity contribution in [2.75, 3.05) is 13.2 Å². The number of aliphatic hydroxyl groups excluding tert-OH is 1. The van der Waals surface area contributed by atoms with Crippen LogP contribution in [-0.4, -0.2) is 39.1 Å². The van der Waals surface area contributed by atoms with E-state index in [2.05, 4.69) is 10.4 Å². The van der Waals surface area contributed by atoms with Gasteiger partial charge in [-0.25, -0.2) is 9.07 Å². The molecule has 0 aliphatic rings. The highest BCUT2D eigenvalue weighted by Gasteiger charge is 2.18. The number of nitrogens with one attached hydrogen (secondary N) is 1. The molecule has 1 aromatic heterocycles. The molecule has 7 heteroatoms. The van der Waals surface area contributed by atoms with Crippen LogP contribution in [-0.2, 0) is 0 Å². The van der Waals surface area contributed by atoms with Crippen molar-refractivity contribution in [1.82, 2.24) is 15.1 Å². The van der Waals surface area contributed by atoms with Crippen molar-refractivity contribution in [1.29, 1.82) is 0 Å². The minimum Gasteiger partial charge on any atom is -0.504 e. The molecule has 0 aliphatic carbocycles. The SMILES string of the molecule is CCC(CCO)CNC(=O)c1nn(-c2ccc(F)cc2)cc1O. The van der Waals surface area contributed by atoms with E-state index in [0.717, 1.165) is 6.42 Å². The van der Waals surface area contributed by atoms with Gasteiger partial charge in [0.05, 0.1) is 11.9 Å². The van der Waals surface area contributed by atoms with E-state index >= 15 is 0 Å². The maximum atomic E-state index is 12.9. The maximum Gasteiger partial charge on any atom is 0.275 e. The fourth-order valence-electron chi connectivity index (χ4n) is 2.21. The second-order valence-electron chi connectivity index (χ2n) is 5.28. The van der Waals surface area contributed by atoms with Crippen LogP contribution in [0.5, 0.6) is 5.75 Å². The summed E-state index contributed by atoms with van der Waals surface area (Å²) < 4.78 is 14.2. The zero-order valence-corrected chi connectivity index (χ0v) is 12.9. The predicted molar refractivity (Wildman–Crippen MR) is 83.0 cm³/mol. The molecular weight excluding hydrogens is 301 g/mol. The summed E-state index contributed by atoms with van der Waals surface area (Å²) in [7, 11) is 0. The molecular formula is C16H20FN3O3. The monoisotopic (exact) mass is 321 g/mol. The number of carbonyl (C=O) groups is 1. The molecule has 23 heavy (non-hydrogen) atoms. The predicted octanol–water partition coefficient (Wildman–Crippen LogP) is 1.86. The number of amides is 1. The molecule has 0 spiro atoms. The van der Waals surface area contributed by atoms with Crippen LogP contribution in [0.25, 0.3) is 5.69 Å². The Labute approximate surface area is 133 Å². The summed E-state index contributed by atoms with van der Waals surface area (Å²) >= 11 is 0. The second kappa shape index (κ2) is 7.73. The lowest BCUT2D eigenvalue weighted by Gasteiger charge is -2.13. The van der Waals surface area contributed by atoms with Gasteiger partial charge in [-0.05, 0) is 36.6 Å². The van der Waals surface area contributed by atoms with Gasteiger partial charge in [0.1, 0.15) is 5.82 Å². The molecule has 2 rings (SSSR count). The third-order valence-electron chi connectivity index (χ3n) is 3.67. The Hall–Kier alpha value is -2.41. The van der Waals surface area contributed by atoms with Gasteiger partial charge < -0.3 is 15.5 Å². The molecule has 1 unspecified atom stereocenters. The first kappa shape index (κ1) is 17.0. The minimum atomic E-state index is -0.486. The molecule has 6 nitrogen and oxygen atoms in total. The normalized spacial score (nSPS) is 12.1. The number of aliphatic hydroxyl groups is 1. The zero-order valence-electron chi connectivity index (χ0n) is 12.9. The van der Waals surface area contributed by atoms with E-state index in [1.54, 1.807) is 0 Å². The summed E-state index contributed by atoms with van der Waals surface area (Å²) in [5.41, 5.74) is 0.445. The van der Waals surface area contributed by atoms with Crippen LogP contribution in [0, 0.1) is 11.7 Å². The quantitative estimate of drug-likeness (QED) is 0.726. The molecule has 3 N–H and O–H groups in total. The molecule has 1 aromatic carbocycles. The Morgan fingerprint density at radius 2 is 2.09 bits per heavy atom. The molecule has 1 heterocycles. The van der Waals surface area contributed by atoms with Gasteiger partial charge >= 0.3 is 0 Å². The Morgan fingerprint density at radius 3 is 2.70 bits per heavy atom. The number of halogens is 1. The lowest BCUT2D eigenvalue weighted by atomic mass is 10.0. The van der Waals surface area contributed by atoms with Crippen molar-refractivity contribution in [2.24, 2.45) is 5.92 Å². The van der Waals surface area contributed by atoms with E-state index in [4.69, 9.17) is 5.11 Å². The first-order valence-electron chi connectivity index (χ1n) is 7.48. The van der Waals surface area contributed by atoms with Crippen LogP contribution in [0.15, 0.2) is 30.5 Å². The summed E-state index contributed by atoms with van der Waals surface area (Å²) in [6, 6.07) is 5.54. The Bertz CT molecular complexity index is 655. The molecule has 1 amide bonds. The Morgan fingerprint density at radius 1 is 1.39 bits per heavy atom. The topological polar surface area (TPSA) is 87.4 Å². The smallest absolute Gasteiger partial charge is 0.275 e. The average Bonchev–Trinajstić information content (AvgIpc) is 2.93. The minimum absolute atomic E-state index is 0.0683. The standard InChI is InChI=1S/C16H20FN3O3/c1-2-11(7-8-21)9-18-16(23)15-14(22)10-20(19-15)13-5-3-12(17)4-6-13/h3-6,10-11,21-22H,2,7-9H2,1H3,(H,18,23). The Balaban J connectivity index is 2.08. The molecule has 124 valence electrons. The van der Waals surface area contributed by atoms with E-state index in [1.165, 1.54) is 35.1 Å². The third-order valence-corrected chi connectivity index (χ3v) is 3.67. The zero-order chi connectivity index (χ0) is 16.8. The highest BCUT2D eigenvalue weighted by Crippen LogP contribution is 2.18. The first-order chi connectivity index (χ1) is 11.0. The van der Waals surface area contributed by atoms with Gasteiger partial charge in [-0.3, -0.25) is 4.79 Å². The number of rotatable bonds is 7. The summed E-state index contributed by atoms with van der Waals surface area (Å²) in [5, 5.41) is 25.6. The van der Waals surface area contributed by atoms with Crippen LogP contribution >= 0.6 is 0 Å². The lowest BCUT2D eigenvalue weighted by Crippen LogP contribution is -2.30. The van der Waals surface area contributed by atoms with Crippen LogP contribution in [0.1, 0.15) is 30.3 Å². The molecule has 1 atom stereocenters. The van der Waals surface area contributed by atoms with Crippen molar-refractivity contribution in [2.45, 2.75) is 19.8 Å². The van der Waals surface area contributed by atoms with Crippen molar-refractivity contribution in [3.8, 4) is 11.4 Å². The Kier molecular flexibility index (Phi) is 5.70.